The summed E-state index contributed by atoms with van der Waals surface area (Å²) in [6, 6.07) is 15.8. The van der Waals surface area contributed by atoms with Crippen molar-refractivity contribution in [3.8, 4) is 17.0 Å². The number of amides is 1. The molecule has 0 saturated heterocycles. The van der Waals surface area contributed by atoms with E-state index >= 15 is 0 Å². The van der Waals surface area contributed by atoms with Crippen LogP contribution in [0.1, 0.15) is 17.0 Å². The monoisotopic (exact) mass is 452 g/mol. The van der Waals surface area contributed by atoms with Crippen LogP contribution >= 0.6 is 23.1 Å². The first-order valence-electron chi connectivity index (χ1n) is 9.49. The molecule has 0 aliphatic carbocycles. The average Bonchev–Trinajstić information content (AvgIpc) is 3.43. The minimum Gasteiger partial charge on any atom is -0.497 e. The van der Waals surface area contributed by atoms with Gasteiger partial charge in [0.05, 0.1) is 25.0 Å². The Hall–Kier alpha value is -3.17. The number of benzene rings is 2. The smallest absolute Gasteiger partial charge is 0.277 e. The van der Waals surface area contributed by atoms with E-state index in [-0.39, 0.29) is 11.7 Å². The Labute approximate surface area is 187 Å². The Morgan fingerprint density at radius 1 is 1.13 bits per heavy atom. The van der Waals surface area contributed by atoms with Gasteiger partial charge in [0.1, 0.15) is 5.75 Å². The Morgan fingerprint density at radius 2 is 1.90 bits per heavy atom. The van der Waals surface area contributed by atoms with Crippen molar-refractivity contribution >= 4 is 34.1 Å². The minimum atomic E-state index is -0.176. The fourth-order valence-electron chi connectivity index (χ4n) is 2.76. The highest BCUT2D eigenvalue weighted by Gasteiger charge is 2.12. The molecular formula is C22H20N4O3S2. The summed E-state index contributed by atoms with van der Waals surface area (Å²) in [6.45, 7) is 2.04. The maximum absolute atomic E-state index is 12.3. The first kappa shape index (κ1) is 21.1. The van der Waals surface area contributed by atoms with Crippen LogP contribution in [-0.4, -0.2) is 34.0 Å². The van der Waals surface area contributed by atoms with Crippen LogP contribution in [0.4, 0.5) is 5.13 Å². The van der Waals surface area contributed by atoms with Gasteiger partial charge in [-0.05, 0) is 24.6 Å². The van der Waals surface area contributed by atoms with Crippen molar-refractivity contribution < 1.29 is 13.9 Å². The normalized spacial score (nSPS) is 10.8. The summed E-state index contributed by atoms with van der Waals surface area (Å²) in [4.78, 5) is 16.8. The quantitative estimate of drug-likeness (QED) is 0.383. The number of methoxy groups -OCH3 is 1. The van der Waals surface area contributed by atoms with E-state index in [2.05, 4.69) is 20.5 Å². The minimum absolute atomic E-state index is 0.156. The molecule has 158 valence electrons. The molecule has 0 spiro atoms. The highest BCUT2D eigenvalue weighted by atomic mass is 32.2. The summed E-state index contributed by atoms with van der Waals surface area (Å²) in [7, 11) is 1.63. The first-order chi connectivity index (χ1) is 15.1. The van der Waals surface area contributed by atoms with Crippen molar-refractivity contribution in [1.29, 1.82) is 0 Å². The summed E-state index contributed by atoms with van der Waals surface area (Å²) in [5.41, 5.74) is 4.09. The number of hydrogen-bond acceptors (Lipinski definition) is 8. The second kappa shape index (κ2) is 9.76. The van der Waals surface area contributed by atoms with E-state index in [9.17, 15) is 4.79 Å². The lowest BCUT2D eigenvalue weighted by molar-refractivity contribution is -0.113. The number of thioether (sulfide) groups is 1. The van der Waals surface area contributed by atoms with Crippen molar-refractivity contribution in [3.05, 3.63) is 70.9 Å². The Balaban J connectivity index is 1.28. The summed E-state index contributed by atoms with van der Waals surface area (Å²) >= 11 is 2.59. The first-order valence-corrected chi connectivity index (χ1v) is 11.4. The van der Waals surface area contributed by atoms with Crippen molar-refractivity contribution in [2.75, 3.05) is 18.2 Å². The maximum atomic E-state index is 12.3. The van der Waals surface area contributed by atoms with Crippen molar-refractivity contribution in [2.45, 2.75) is 18.6 Å². The largest absolute Gasteiger partial charge is 0.497 e. The van der Waals surface area contributed by atoms with E-state index < -0.39 is 0 Å². The molecule has 4 rings (SSSR count). The van der Waals surface area contributed by atoms with E-state index in [1.54, 1.807) is 7.11 Å². The van der Waals surface area contributed by atoms with E-state index in [4.69, 9.17) is 9.15 Å². The molecule has 2 heterocycles. The van der Waals surface area contributed by atoms with E-state index in [0.29, 0.717) is 22.7 Å². The number of thiazole rings is 1. The van der Waals surface area contributed by atoms with Gasteiger partial charge in [0, 0.05) is 10.9 Å². The third kappa shape index (κ3) is 5.71. The highest BCUT2D eigenvalue weighted by Crippen LogP contribution is 2.26. The lowest BCUT2D eigenvalue weighted by Gasteiger charge is -2.01. The van der Waals surface area contributed by atoms with Crippen LogP contribution in [0, 0.1) is 6.92 Å². The average molecular weight is 453 g/mol. The molecule has 0 radical (unpaired) electrons. The Morgan fingerprint density at radius 3 is 2.65 bits per heavy atom. The molecule has 31 heavy (non-hydrogen) atoms. The molecule has 7 nitrogen and oxygen atoms in total. The summed E-state index contributed by atoms with van der Waals surface area (Å²) < 4.78 is 10.8. The van der Waals surface area contributed by atoms with Crippen LogP contribution < -0.4 is 10.1 Å². The SMILES string of the molecule is COc1ccc(Cc2nnc(SCC(=O)Nc3nc(-c4ccc(C)cc4)cs3)o2)cc1. The number of carbonyl (C=O) groups excluding carboxylic acids is 1. The molecule has 0 aliphatic heterocycles. The maximum Gasteiger partial charge on any atom is 0.277 e. The van der Waals surface area contributed by atoms with Gasteiger partial charge in [-0.1, -0.05) is 53.7 Å². The third-order valence-corrected chi connectivity index (χ3v) is 5.96. The zero-order valence-corrected chi connectivity index (χ0v) is 18.6. The third-order valence-electron chi connectivity index (χ3n) is 4.39. The molecule has 0 bridgehead atoms. The fourth-order valence-corrected chi connectivity index (χ4v) is 4.07. The van der Waals surface area contributed by atoms with Gasteiger partial charge in [0.2, 0.25) is 11.8 Å². The molecule has 1 amide bonds. The van der Waals surface area contributed by atoms with Crippen LogP contribution in [0.5, 0.6) is 5.75 Å². The molecule has 0 fully saturated rings. The molecule has 0 unspecified atom stereocenters. The number of nitrogens with one attached hydrogen (secondary N) is 1. The second-order valence-electron chi connectivity index (χ2n) is 6.73. The van der Waals surface area contributed by atoms with Crippen molar-refractivity contribution in [2.24, 2.45) is 0 Å². The van der Waals surface area contributed by atoms with Gasteiger partial charge in [-0.2, -0.15) is 0 Å². The van der Waals surface area contributed by atoms with Crippen LogP contribution in [0.3, 0.4) is 0 Å². The molecule has 0 aliphatic rings. The predicted molar refractivity (Wildman–Crippen MR) is 122 cm³/mol. The van der Waals surface area contributed by atoms with Gasteiger partial charge in [-0.25, -0.2) is 4.98 Å². The highest BCUT2D eigenvalue weighted by molar-refractivity contribution is 7.99. The molecular weight excluding hydrogens is 432 g/mol. The predicted octanol–water partition coefficient (Wildman–Crippen LogP) is 4.83. The topological polar surface area (TPSA) is 90.1 Å². The number of carbonyl (C=O) groups is 1. The van der Waals surface area contributed by atoms with Gasteiger partial charge in [-0.15, -0.1) is 21.5 Å². The van der Waals surface area contributed by atoms with E-state index in [1.807, 2.05) is 60.8 Å². The molecule has 9 heteroatoms. The number of ether oxygens (including phenoxy) is 1. The molecule has 1 N–H and O–H groups in total. The molecule has 0 atom stereocenters. The van der Waals surface area contributed by atoms with Crippen LogP contribution in [0.2, 0.25) is 0 Å². The zero-order chi connectivity index (χ0) is 21.6. The van der Waals surface area contributed by atoms with E-state index in [0.717, 1.165) is 22.6 Å². The number of nitrogens with zero attached hydrogens (tertiary/aromatic N) is 3. The standard InChI is InChI=1S/C22H20N4O3S2/c1-14-3-7-16(8-4-14)18-12-30-21(23-18)24-19(27)13-31-22-26-25-20(29-22)11-15-5-9-17(28-2)10-6-15/h3-10,12H,11,13H2,1-2H3,(H,23,24,27). The van der Waals surface area contributed by atoms with Gasteiger partial charge in [0.25, 0.3) is 5.22 Å². The summed E-state index contributed by atoms with van der Waals surface area (Å²) in [5.74, 6) is 1.27. The number of rotatable bonds is 8. The van der Waals surface area contributed by atoms with Crippen molar-refractivity contribution in [3.63, 3.8) is 0 Å². The number of anilines is 1. The lowest BCUT2D eigenvalue weighted by Crippen LogP contribution is -2.13. The number of aryl methyl sites for hydroxylation is 1. The number of hydrogen-bond donors (Lipinski definition) is 1. The van der Waals surface area contributed by atoms with Gasteiger partial charge < -0.3 is 14.5 Å². The number of aromatic nitrogens is 3. The fraction of sp³-hybridized carbons (Fsp3) is 0.182. The Bertz CT molecular complexity index is 1150. The van der Waals surface area contributed by atoms with E-state index in [1.165, 1.54) is 28.7 Å². The lowest BCUT2D eigenvalue weighted by atomic mass is 10.1. The van der Waals surface area contributed by atoms with Gasteiger partial charge >= 0.3 is 0 Å². The Kier molecular flexibility index (Phi) is 6.63. The summed E-state index contributed by atoms with van der Waals surface area (Å²) in [5, 5.41) is 13.7. The van der Waals surface area contributed by atoms with Crippen molar-refractivity contribution in [1.82, 2.24) is 15.2 Å². The van der Waals surface area contributed by atoms with Crippen LogP contribution in [-0.2, 0) is 11.2 Å². The summed E-state index contributed by atoms with van der Waals surface area (Å²) in [6.07, 6.45) is 0.519. The van der Waals surface area contributed by atoms with Crippen LogP contribution in [0.25, 0.3) is 11.3 Å². The van der Waals surface area contributed by atoms with Gasteiger partial charge in [0.15, 0.2) is 5.13 Å². The zero-order valence-electron chi connectivity index (χ0n) is 17.0. The molecule has 0 saturated carbocycles. The molecule has 2 aromatic carbocycles. The van der Waals surface area contributed by atoms with Crippen LogP contribution in [0.15, 0.2) is 63.6 Å². The molecule has 4 aromatic rings. The second-order valence-corrected chi connectivity index (χ2v) is 8.51. The van der Waals surface area contributed by atoms with Gasteiger partial charge in [-0.3, -0.25) is 4.79 Å². The molecule has 2 aromatic heterocycles.